The van der Waals surface area contributed by atoms with Gasteiger partial charge in [0.25, 0.3) is 0 Å². The van der Waals surface area contributed by atoms with Crippen molar-refractivity contribution in [2.45, 2.75) is 12.8 Å². The van der Waals surface area contributed by atoms with Crippen LogP contribution in [-0.4, -0.2) is 38.2 Å². The van der Waals surface area contributed by atoms with Crippen LogP contribution in [0.2, 0.25) is 0 Å². The molecule has 0 saturated heterocycles. The third-order valence-electron chi connectivity index (χ3n) is 1.98. The molecule has 86 valence electrons. The largest absolute Gasteiger partial charge is 0.369 e. The number of rotatable bonds is 7. The lowest BCUT2D eigenvalue weighted by Crippen LogP contribution is -2.36. The Balaban J connectivity index is 4.40. The van der Waals surface area contributed by atoms with Crippen LogP contribution >= 0.6 is 0 Å². The molecule has 15 heavy (non-hydrogen) atoms. The van der Waals surface area contributed by atoms with E-state index in [1.54, 1.807) is 7.05 Å². The fraction of sp³-hybridized carbons (Fsp3) is 0.667. The summed E-state index contributed by atoms with van der Waals surface area (Å²) in [7, 11) is 3.17. The number of ketones is 1. The first-order chi connectivity index (χ1) is 7.02. The first kappa shape index (κ1) is 13.6. The van der Waals surface area contributed by atoms with Crippen LogP contribution < -0.4 is 16.4 Å². The fourth-order valence-corrected chi connectivity index (χ4v) is 1.20. The van der Waals surface area contributed by atoms with Gasteiger partial charge in [-0.2, -0.15) is 0 Å². The predicted octanol–water partition coefficient (Wildman–Crippen LogP) is -1.60. The van der Waals surface area contributed by atoms with Crippen molar-refractivity contribution in [2.24, 2.45) is 11.7 Å². The van der Waals surface area contributed by atoms with Crippen molar-refractivity contribution in [1.82, 2.24) is 10.6 Å². The summed E-state index contributed by atoms with van der Waals surface area (Å²) in [6.07, 6.45) is -0.0237. The number of carbonyl (C=O) groups excluding carboxylic acids is 3. The van der Waals surface area contributed by atoms with Gasteiger partial charge >= 0.3 is 0 Å². The van der Waals surface area contributed by atoms with Crippen molar-refractivity contribution in [3.8, 4) is 0 Å². The minimum Gasteiger partial charge on any atom is -0.369 e. The second-order valence-corrected chi connectivity index (χ2v) is 3.17. The Morgan fingerprint density at radius 3 is 2.27 bits per heavy atom. The predicted molar refractivity (Wildman–Crippen MR) is 54.9 cm³/mol. The van der Waals surface area contributed by atoms with E-state index in [-0.39, 0.29) is 12.3 Å². The normalized spacial score (nSPS) is 11.9. The molecule has 0 rings (SSSR count). The van der Waals surface area contributed by atoms with E-state index < -0.39 is 17.6 Å². The Kier molecular flexibility index (Phi) is 6.28. The van der Waals surface area contributed by atoms with E-state index in [1.165, 1.54) is 7.05 Å². The molecule has 2 amide bonds. The van der Waals surface area contributed by atoms with Gasteiger partial charge in [-0.05, 0) is 20.0 Å². The molecule has 0 saturated carbocycles. The number of primary amides is 1. The Labute approximate surface area is 88.6 Å². The molecule has 0 fully saturated rings. The van der Waals surface area contributed by atoms with Gasteiger partial charge in [0, 0.05) is 7.05 Å². The van der Waals surface area contributed by atoms with Gasteiger partial charge in [-0.15, -0.1) is 0 Å². The van der Waals surface area contributed by atoms with Crippen LogP contribution in [0.25, 0.3) is 0 Å². The Hall–Kier alpha value is -1.43. The lowest BCUT2D eigenvalue weighted by molar-refractivity contribution is -0.135. The highest BCUT2D eigenvalue weighted by Crippen LogP contribution is 2.06. The van der Waals surface area contributed by atoms with Crippen molar-refractivity contribution in [3.05, 3.63) is 0 Å². The molecular formula is C9H17N3O3. The number of nitrogens with two attached hydrogens (primary N) is 1. The third-order valence-corrected chi connectivity index (χ3v) is 1.98. The van der Waals surface area contributed by atoms with Gasteiger partial charge in [-0.3, -0.25) is 14.4 Å². The fourth-order valence-electron chi connectivity index (χ4n) is 1.20. The van der Waals surface area contributed by atoms with E-state index in [9.17, 15) is 14.4 Å². The third kappa shape index (κ3) is 5.11. The molecule has 0 spiro atoms. The van der Waals surface area contributed by atoms with Crippen LogP contribution in [-0.2, 0) is 14.4 Å². The van der Waals surface area contributed by atoms with Crippen LogP contribution in [0.4, 0.5) is 0 Å². The number of Topliss-reactive ketones (excluding diaryl/α,β-unsaturated/α-hetero) is 1. The van der Waals surface area contributed by atoms with Crippen LogP contribution in [0.5, 0.6) is 0 Å². The molecule has 6 heteroatoms. The summed E-state index contributed by atoms with van der Waals surface area (Å²) in [5, 5.41) is 5.23. The van der Waals surface area contributed by atoms with E-state index in [4.69, 9.17) is 5.73 Å². The summed E-state index contributed by atoms with van der Waals surface area (Å²) >= 11 is 0. The zero-order chi connectivity index (χ0) is 11.8. The highest BCUT2D eigenvalue weighted by Gasteiger charge is 2.25. The summed E-state index contributed by atoms with van der Waals surface area (Å²) in [5.74, 6) is -2.32. The zero-order valence-electron chi connectivity index (χ0n) is 9.00. The second-order valence-electron chi connectivity index (χ2n) is 3.17. The number of hydrogen-bond acceptors (Lipinski definition) is 4. The molecule has 4 N–H and O–H groups in total. The Bertz CT molecular complexity index is 253. The summed E-state index contributed by atoms with van der Waals surface area (Å²) in [6.45, 7) is 0.530. The minimum atomic E-state index is -0.796. The van der Waals surface area contributed by atoms with E-state index in [0.29, 0.717) is 13.0 Å². The average molecular weight is 215 g/mol. The lowest BCUT2D eigenvalue weighted by atomic mass is 9.96. The van der Waals surface area contributed by atoms with E-state index in [2.05, 4.69) is 10.6 Å². The molecule has 0 heterocycles. The number of amides is 2. The van der Waals surface area contributed by atoms with Crippen LogP contribution in [0.1, 0.15) is 12.8 Å². The molecule has 0 aromatic carbocycles. The number of nitrogens with one attached hydrogen (secondary N) is 2. The standard InChI is InChI=1S/C9H17N3O3/c1-11-4-3-6(9(15)12-2)7(13)5-8(10)14/h6,11H,3-5H2,1-2H3,(H2,10,14)(H,12,15). The summed E-state index contributed by atoms with van der Waals surface area (Å²) in [5.41, 5.74) is 4.89. The van der Waals surface area contributed by atoms with Gasteiger partial charge in [0.05, 0.1) is 12.3 Å². The number of hydrogen-bond donors (Lipinski definition) is 3. The van der Waals surface area contributed by atoms with Crippen molar-refractivity contribution in [1.29, 1.82) is 0 Å². The maximum Gasteiger partial charge on any atom is 0.230 e. The first-order valence-corrected chi connectivity index (χ1v) is 4.70. The minimum absolute atomic E-state index is 0.363. The van der Waals surface area contributed by atoms with Crippen molar-refractivity contribution >= 4 is 17.6 Å². The maximum absolute atomic E-state index is 11.5. The SMILES string of the molecule is CNCCC(C(=O)CC(N)=O)C(=O)NC. The van der Waals surface area contributed by atoms with Crippen LogP contribution in [0, 0.1) is 5.92 Å². The van der Waals surface area contributed by atoms with Gasteiger partial charge in [0.1, 0.15) is 0 Å². The topological polar surface area (TPSA) is 101 Å². The van der Waals surface area contributed by atoms with Gasteiger partial charge in [0.15, 0.2) is 5.78 Å². The van der Waals surface area contributed by atoms with Gasteiger partial charge in [-0.1, -0.05) is 0 Å². The molecule has 1 atom stereocenters. The van der Waals surface area contributed by atoms with E-state index in [1.807, 2.05) is 0 Å². The van der Waals surface area contributed by atoms with Crippen molar-refractivity contribution < 1.29 is 14.4 Å². The van der Waals surface area contributed by atoms with E-state index in [0.717, 1.165) is 0 Å². The molecule has 1 unspecified atom stereocenters. The van der Waals surface area contributed by atoms with Crippen molar-refractivity contribution in [2.75, 3.05) is 20.6 Å². The quantitative estimate of drug-likeness (QED) is 0.445. The Morgan fingerprint density at radius 2 is 1.87 bits per heavy atom. The molecule has 6 nitrogen and oxygen atoms in total. The molecule has 0 aliphatic heterocycles. The van der Waals surface area contributed by atoms with Crippen molar-refractivity contribution in [3.63, 3.8) is 0 Å². The molecule has 0 aliphatic carbocycles. The molecule has 0 aromatic heterocycles. The molecule has 0 bridgehead atoms. The molecule has 0 radical (unpaired) electrons. The lowest BCUT2D eigenvalue weighted by Gasteiger charge is -2.12. The first-order valence-electron chi connectivity index (χ1n) is 4.70. The maximum atomic E-state index is 11.5. The smallest absolute Gasteiger partial charge is 0.230 e. The molecule has 0 aliphatic rings. The van der Waals surface area contributed by atoms with Gasteiger partial charge in [-0.25, -0.2) is 0 Å². The highest BCUT2D eigenvalue weighted by molar-refractivity contribution is 6.08. The summed E-state index contributed by atoms with van der Waals surface area (Å²) < 4.78 is 0. The average Bonchev–Trinajstić information content (AvgIpc) is 2.16. The van der Waals surface area contributed by atoms with Crippen LogP contribution in [0.3, 0.4) is 0 Å². The monoisotopic (exact) mass is 215 g/mol. The summed E-state index contributed by atoms with van der Waals surface area (Å²) in [6, 6.07) is 0. The van der Waals surface area contributed by atoms with E-state index >= 15 is 0 Å². The number of carbonyl (C=O) groups is 3. The second kappa shape index (κ2) is 6.94. The van der Waals surface area contributed by atoms with Gasteiger partial charge in [0.2, 0.25) is 11.8 Å². The van der Waals surface area contributed by atoms with Crippen LogP contribution in [0.15, 0.2) is 0 Å². The van der Waals surface area contributed by atoms with Gasteiger partial charge < -0.3 is 16.4 Å². The zero-order valence-corrected chi connectivity index (χ0v) is 9.00. The Morgan fingerprint density at radius 1 is 1.27 bits per heavy atom. The highest BCUT2D eigenvalue weighted by atomic mass is 16.2. The summed E-state index contributed by atoms with van der Waals surface area (Å²) in [4.78, 5) is 33.4. The molecule has 0 aromatic rings. The molecular weight excluding hydrogens is 198 g/mol.